The third kappa shape index (κ3) is 3.60. The molecule has 0 aliphatic rings. The normalized spacial score (nSPS) is 10.8. The predicted octanol–water partition coefficient (Wildman–Crippen LogP) is 3.42. The number of amides is 2. The summed E-state index contributed by atoms with van der Waals surface area (Å²) in [6, 6.07) is 13.0. The van der Waals surface area contributed by atoms with Gasteiger partial charge in [0.1, 0.15) is 0 Å². The maximum atomic E-state index is 12.7. The van der Waals surface area contributed by atoms with E-state index in [1.165, 1.54) is 6.20 Å². The Morgan fingerprint density at radius 3 is 2.60 bits per heavy atom. The number of fused-ring (bicyclic) bond motifs is 1. The molecular formula is C21H20N6O3. The van der Waals surface area contributed by atoms with Crippen LogP contribution in [-0.4, -0.2) is 33.6 Å². The minimum atomic E-state index is -0.413. The molecule has 0 aliphatic heterocycles. The first-order valence-electron chi connectivity index (χ1n) is 9.25. The maximum absolute atomic E-state index is 12.7. The lowest BCUT2D eigenvalue weighted by Crippen LogP contribution is -2.14. The van der Waals surface area contributed by atoms with Crippen LogP contribution in [0.15, 0.2) is 53.1 Å². The van der Waals surface area contributed by atoms with Gasteiger partial charge in [-0.25, -0.2) is 4.98 Å². The second-order valence-corrected chi connectivity index (χ2v) is 6.71. The molecule has 30 heavy (non-hydrogen) atoms. The highest BCUT2D eigenvalue weighted by molar-refractivity contribution is 6.11. The van der Waals surface area contributed by atoms with E-state index in [9.17, 15) is 9.59 Å². The van der Waals surface area contributed by atoms with Crippen LogP contribution in [0, 0.1) is 6.92 Å². The van der Waals surface area contributed by atoms with E-state index in [1.54, 1.807) is 37.0 Å². The van der Waals surface area contributed by atoms with Gasteiger partial charge in [-0.3, -0.25) is 14.3 Å². The maximum Gasteiger partial charge on any atom is 0.294 e. The number of benzene rings is 2. The zero-order chi connectivity index (χ0) is 21.3. The summed E-state index contributed by atoms with van der Waals surface area (Å²) < 4.78 is 6.95. The summed E-state index contributed by atoms with van der Waals surface area (Å²) in [6.45, 7) is 1.83. The van der Waals surface area contributed by atoms with Gasteiger partial charge >= 0.3 is 0 Å². The van der Waals surface area contributed by atoms with E-state index >= 15 is 0 Å². The van der Waals surface area contributed by atoms with E-state index in [4.69, 9.17) is 4.42 Å². The quantitative estimate of drug-likeness (QED) is 0.470. The first kappa shape index (κ1) is 19.2. The number of rotatable bonds is 5. The molecule has 9 heteroatoms. The third-order valence-electron chi connectivity index (χ3n) is 4.65. The Kier molecular flexibility index (Phi) is 4.93. The Bertz CT molecular complexity index is 1260. The summed E-state index contributed by atoms with van der Waals surface area (Å²) in [5.74, 6) is -0.619. The lowest BCUT2D eigenvalue weighted by molar-refractivity contribution is 0.0995. The van der Waals surface area contributed by atoms with Crippen molar-refractivity contribution in [2.75, 3.05) is 23.0 Å². The average Bonchev–Trinajstić information content (AvgIpc) is 3.35. The van der Waals surface area contributed by atoms with Crippen molar-refractivity contribution in [3.05, 3.63) is 65.7 Å². The fraction of sp³-hybridized carbons (Fsp3) is 0.143. The van der Waals surface area contributed by atoms with Crippen LogP contribution in [0.5, 0.6) is 0 Å². The molecule has 2 aromatic heterocycles. The van der Waals surface area contributed by atoms with Crippen LogP contribution in [0.1, 0.15) is 26.6 Å². The molecule has 2 aromatic carbocycles. The summed E-state index contributed by atoms with van der Waals surface area (Å²) >= 11 is 0. The molecule has 0 bridgehead atoms. The molecule has 0 radical (unpaired) electrons. The zero-order valence-corrected chi connectivity index (χ0v) is 16.7. The fourth-order valence-corrected chi connectivity index (χ4v) is 3.13. The standard InChI is InChI=1S/C21H20N6O3/c1-12-10-13(8-9-15(12)25-19(28)17-11-23-21(22-2)30-17)24-20(29)18-14-6-4-5-7-16(14)27(3)26-18/h4-11H,1-3H3,(H,22,23)(H,24,29)(H,25,28). The first-order chi connectivity index (χ1) is 14.5. The highest BCUT2D eigenvalue weighted by Gasteiger charge is 2.17. The second kappa shape index (κ2) is 7.70. The van der Waals surface area contributed by atoms with Crippen molar-refractivity contribution in [1.82, 2.24) is 14.8 Å². The second-order valence-electron chi connectivity index (χ2n) is 6.71. The van der Waals surface area contributed by atoms with Crippen molar-refractivity contribution in [2.24, 2.45) is 7.05 Å². The van der Waals surface area contributed by atoms with Crippen LogP contribution in [-0.2, 0) is 7.05 Å². The molecule has 0 aliphatic carbocycles. The summed E-state index contributed by atoms with van der Waals surface area (Å²) in [5.41, 5.74) is 3.21. The molecule has 2 heterocycles. The molecule has 3 N–H and O–H groups in total. The minimum Gasteiger partial charge on any atom is -0.418 e. The van der Waals surface area contributed by atoms with Crippen molar-refractivity contribution < 1.29 is 14.0 Å². The van der Waals surface area contributed by atoms with Crippen molar-refractivity contribution in [1.29, 1.82) is 0 Å². The molecule has 0 fully saturated rings. The van der Waals surface area contributed by atoms with E-state index in [-0.39, 0.29) is 17.7 Å². The number of carbonyl (C=O) groups excluding carboxylic acids is 2. The van der Waals surface area contributed by atoms with Gasteiger partial charge in [0.2, 0.25) is 5.76 Å². The van der Waals surface area contributed by atoms with Gasteiger partial charge in [-0.15, -0.1) is 0 Å². The predicted molar refractivity (Wildman–Crippen MR) is 114 cm³/mol. The molecule has 0 saturated heterocycles. The highest BCUT2D eigenvalue weighted by atomic mass is 16.4. The van der Waals surface area contributed by atoms with Crippen LogP contribution in [0.3, 0.4) is 0 Å². The van der Waals surface area contributed by atoms with E-state index in [0.717, 1.165) is 16.5 Å². The third-order valence-corrected chi connectivity index (χ3v) is 4.65. The molecule has 4 rings (SSSR count). The van der Waals surface area contributed by atoms with Gasteiger partial charge in [-0.1, -0.05) is 18.2 Å². The van der Waals surface area contributed by atoms with Gasteiger partial charge in [0.15, 0.2) is 5.69 Å². The smallest absolute Gasteiger partial charge is 0.294 e. The Hall–Kier alpha value is -4.14. The van der Waals surface area contributed by atoms with Crippen molar-refractivity contribution in [3.63, 3.8) is 0 Å². The van der Waals surface area contributed by atoms with Crippen molar-refractivity contribution in [2.45, 2.75) is 6.92 Å². The molecule has 2 amide bonds. The summed E-state index contributed by atoms with van der Waals surface area (Å²) in [5, 5.41) is 13.5. The van der Waals surface area contributed by atoms with Crippen molar-refractivity contribution in [3.8, 4) is 0 Å². The summed E-state index contributed by atoms with van der Waals surface area (Å²) in [7, 11) is 3.45. The van der Waals surface area contributed by atoms with Gasteiger partial charge in [0.25, 0.3) is 17.8 Å². The van der Waals surface area contributed by atoms with Crippen LogP contribution < -0.4 is 16.0 Å². The highest BCUT2D eigenvalue weighted by Crippen LogP contribution is 2.23. The van der Waals surface area contributed by atoms with Crippen LogP contribution >= 0.6 is 0 Å². The van der Waals surface area contributed by atoms with E-state index in [1.807, 2.05) is 31.2 Å². The van der Waals surface area contributed by atoms with Gasteiger partial charge in [-0.2, -0.15) is 5.10 Å². The number of nitrogens with one attached hydrogen (secondary N) is 3. The fourth-order valence-electron chi connectivity index (χ4n) is 3.13. The zero-order valence-electron chi connectivity index (χ0n) is 16.7. The Balaban J connectivity index is 1.50. The Morgan fingerprint density at radius 2 is 1.87 bits per heavy atom. The SMILES string of the molecule is CNc1ncc(C(=O)Nc2ccc(NC(=O)c3nn(C)c4ccccc34)cc2C)o1. The van der Waals surface area contributed by atoms with E-state index < -0.39 is 5.91 Å². The summed E-state index contributed by atoms with van der Waals surface area (Å²) in [4.78, 5) is 29.0. The number of anilines is 3. The molecule has 0 saturated carbocycles. The molecule has 4 aromatic rings. The Morgan fingerprint density at radius 1 is 1.07 bits per heavy atom. The molecule has 0 spiro atoms. The number of aryl methyl sites for hydroxylation is 2. The van der Waals surface area contributed by atoms with E-state index in [2.05, 4.69) is 26.0 Å². The number of carbonyl (C=O) groups is 2. The van der Waals surface area contributed by atoms with Gasteiger partial charge < -0.3 is 20.4 Å². The molecule has 9 nitrogen and oxygen atoms in total. The largest absolute Gasteiger partial charge is 0.418 e. The molecule has 0 atom stereocenters. The number of hydrogen-bond donors (Lipinski definition) is 3. The van der Waals surface area contributed by atoms with Gasteiger partial charge in [0, 0.05) is 30.9 Å². The topological polar surface area (TPSA) is 114 Å². The van der Waals surface area contributed by atoms with Crippen LogP contribution in [0.25, 0.3) is 10.9 Å². The van der Waals surface area contributed by atoms with Crippen LogP contribution in [0.4, 0.5) is 17.4 Å². The average molecular weight is 404 g/mol. The van der Waals surface area contributed by atoms with Crippen LogP contribution in [0.2, 0.25) is 0 Å². The van der Waals surface area contributed by atoms with E-state index in [0.29, 0.717) is 17.1 Å². The van der Waals surface area contributed by atoms with Gasteiger partial charge in [-0.05, 0) is 36.8 Å². The lowest BCUT2D eigenvalue weighted by Gasteiger charge is -2.10. The number of para-hydroxylation sites is 1. The number of oxazole rings is 1. The molecule has 0 unspecified atom stereocenters. The molecular weight excluding hydrogens is 384 g/mol. The number of nitrogens with zero attached hydrogens (tertiary/aromatic N) is 3. The summed E-state index contributed by atoms with van der Waals surface area (Å²) in [6.07, 6.45) is 1.35. The minimum absolute atomic E-state index is 0.0955. The number of aromatic nitrogens is 3. The molecule has 152 valence electrons. The lowest BCUT2D eigenvalue weighted by atomic mass is 10.1. The first-order valence-corrected chi connectivity index (χ1v) is 9.25. The Labute approximate surface area is 172 Å². The van der Waals surface area contributed by atoms with Gasteiger partial charge in [0.05, 0.1) is 11.7 Å². The monoisotopic (exact) mass is 404 g/mol. The van der Waals surface area contributed by atoms with Crippen molar-refractivity contribution >= 4 is 40.1 Å². The number of hydrogen-bond acceptors (Lipinski definition) is 6.